The highest BCUT2D eigenvalue weighted by Crippen LogP contribution is 2.51. The van der Waals surface area contributed by atoms with Crippen LogP contribution in [0.5, 0.6) is 0 Å². The van der Waals surface area contributed by atoms with Gasteiger partial charge in [-0.05, 0) is 68.2 Å². The van der Waals surface area contributed by atoms with Crippen LogP contribution in [0.4, 0.5) is 4.39 Å². The van der Waals surface area contributed by atoms with E-state index in [0.717, 1.165) is 44.5 Å². The summed E-state index contributed by atoms with van der Waals surface area (Å²) in [6.45, 7) is 2.70. The lowest BCUT2D eigenvalue weighted by Crippen LogP contribution is -2.30. The lowest BCUT2D eigenvalue weighted by molar-refractivity contribution is 0.0975. The van der Waals surface area contributed by atoms with E-state index in [4.69, 9.17) is 11.6 Å². The van der Waals surface area contributed by atoms with E-state index in [-0.39, 0.29) is 17.0 Å². The van der Waals surface area contributed by atoms with E-state index in [9.17, 15) is 14.3 Å². The summed E-state index contributed by atoms with van der Waals surface area (Å²) in [6, 6.07) is 11.6. The number of fused-ring (bicyclic) bond motifs is 2. The molecule has 2 aromatic rings. The first-order valence-electron chi connectivity index (χ1n) is 9.47. The quantitative estimate of drug-likeness (QED) is 0.766. The molecular formula is C22H23ClFNO2. The molecule has 0 amide bonds. The fourth-order valence-corrected chi connectivity index (χ4v) is 5.00. The first-order valence-corrected chi connectivity index (χ1v) is 9.84. The van der Waals surface area contributed by atoms with Gasteiger partial charge in [0.1, 0.15) is 5.82 Å². The molecule has 4 rings (SSSR count). The van der Waals surface area contributed by atoms with Crippen LogP contribution in [-0.2, 0) is 5.41 Å². The van der Waals surface area contributed by atoms with Gasteiger partial charge in [-0.15, -0.1) is 0 Å². The highest BCUT2D eigenvalue weighted by atomic mass is 35.5. The Morgan fingerprint density at radius 3 is 2.81 bits per heavy atom. The number of carbonyl (C=O) groups is 1. The van der Waals surface area contributed by atoms with Crippen LogP contribution in [0.3, 0.4) is 0 Å². The SMILES string of the molecule is O=C(CCCN1CCC2(CC(O)c3c(Cl)cccc32)C1)c1ccc(F)cc1. The van der Waals surface area contributed by atoms with Gasteiger partial charge in [-0.3, -0.25) is 4.79 Å². The Morgan fingerprint density at radius 1 is 1.26 bits per heavy atom. The number of aliphatic hydroxyl groups excluding tert-OH is 1. The lowest BCUT2D eigenvalue weighted by Gasteiger charge is -2.25. The molecule has 1 fully saturated rings. The summed E-state index contributed by atoms with van der Waals surface area (Å²) in [6.07, 6.45) is 2.46. The van der Waals surface area contributed by atoms with Crippen molar-refractivity contribution in [3.05, 3.63) is 70.0 Å². The zero-order valence-corrected chi connectivity index (χ0v) is 15.9. The van der Waals surface area contributed by atoms with Gasteiger partial charge in [-0.1, -0.05) is 23.7 Å². The third kappa shape index (κ3) is 3.54. The number of likely N-dealkylation sites (tertiary alicyclic amines) is 1. The van der Waals surface area contributed by atoms with Crippen molar-refractivity contribution in [3.63, 3.8) is 0 Å². The summed E-state index contributed by atoms with van der Waals surface area (Å²) in [5, 5.41) is 11.1. The minimum Gasteiger partial charge on any atom is -0.388 e. The van der Waals surface area contributed by atoms with Crippen LogP contribution >= 0.6 is 11.6 Å². The molecule has 1 aliphatic carbocycles. The third-order valence-corrected chi connectivity index (χ3v) is 6.35. The van der Waals surface area contributed by atoms with Crippen molar-refractivity contribution in [2.75, 3.05) is 19.6 Å². The second-order valence-electron chi connectivity index (χ2n) is 7.76. The van der Waals surface area contributed by atoms with Gasteiger partial charge in [0, 0.05) is 34.5 Å². The molecule has 0 radical (unpaired) electrons. The molecule has 3 nitrogen and oxygen atoms in total. The largest absolute Gasteiger partial charge is 0.388 e. The van der Waals surface area contributed by atoms with E-state index in [0.29, 0.717) is 17.0 Å². The van der Waals surface area contributed by atoms with Gasteiger partial charge in [0.05, 0.1) is 6.10 Å². The van der Waals surface area contributed by atoms with Crippen LogP contribution in [-0.4, -0.2) is 35.4 Å². The maximum absolute atomic E-state index is 13.0. The van der Waals surface area contributed by atoms with Gasteiger partial charge in [0.25, 0.3) is 0 Å². The molecule has 1 aliphatic heterocycles. The molecule has 5 heteroatoms. The molecule has 0 saturated carbocycles. The van der Waals surface area contributed by atoms with Crippen LogP contribution in [0.1, 0.15) is 53.3 Å². The average Bonchev–Trinajstić information content (AvgIpc) is 3.18. The average molecular weight is 388 g/mol. The number of carbonyl (C=O) groups excluding carboxylic acids is 1. The Kier molecular flexibility index (Phi) is 5.06. The van der Waals surface area contributed by atoms with Gasteiger partial charge >= 0.3 is 0 Å². The van der Waals surface area contributed by atoms with Gasteiger partial charge < -0.3 is 10.0 Å². The van der Waals surface area contributed by atoms with Crippen LogP contribution in [0.15, 0.2) is 42.5 Å². The monoisotopic (exact) mass is 387 g/mol. The summed E-state index contributed by atoms with van der Waals surface area (Å²) in [4.78, 5) is 14.6. The molecule has 0 bridgehead atoms. The predicted octanol–water partition coefficient (Wildman–Crippen LogP) is 4.52. The third-order valence-electron chi connectivity index (χ3n) is 6.02. The number of hydrogen-bond acceptors (Lipinski definition) is 3. The number of ketones is 1. The first kappa shape index (κ1) is 18.6. The van der Waals surface area contributed by atoms with E-state index in [1.165, 1.54) is 17.7 Å². The molecule has 27 heavy (non-hydrogen) atoms. The standard InChI is InChI=1S/C22H23ClFNO2/c23-18-4-1-3-17-21(18)20(27)13-22(17)10-12-25(14-22)11-2-5-19(26)15-6-8-16(24)9-7-15/h1,3-4,6-9,20,27H,2,5,10-14H2. The molecule has 2 aliphatic rings. The molecule has 2 atom stereocenters. The molecule has 1 spiro atoms. The minimum atomic E-state index is -0.492. The Labute approximate surface area is 163 Å². The highest BCUT2D eigenvalue weighted by molar-refractivity contribution is 6.31. The number of nitrogens with zero attached hydrogens (tertiary/aromatic N) is 1. The van der Waals surface area contributed by atoms with Gasteiger partial charge in [0.2, 0.25) is 0 Å². The van der Waals surface area contributed by atoms with E-state index in [1.54, 1.807) is 12.1 Å². The Hall–Kier alpha value is -1.75. The number of benzene rings is 2. The molecule has 1 heterocycles. The zero-order chi connectivity index (χ0) is 19.0. The lowest BCUT2D eigenvalue weighted by atomic mass is 9.81. The van der Waals surface area contributed by atoms with Crippen molar-refractivity contribution in [3.8, 4) is 0 Å². The summed E-state index contributed by atoms with van der Waals surface area (Å²) in [5.41, 5.74) is 2.62. The fraction of sp³-hybridized carbons (Fsp3) is 0.409. The maximum Gasteiger partial charge on any atom is 0.162 e. The summed E-state index contributed by atoms with van der Waals surface area (Å²) in [7, 11) is 0. The number of halogens is 2. The topological polar surface area (TPSA) is 40.5 Å². The van der Waals surface area contributed by atoms with Crippen molar-refractivity contribution in [2.45, 2.75) is 37.2 Å². The molecule has 0 aromatic heterocycles. The van der Waals surface area contributed by atoms with Crippen molar-refractivity contribution in [1.82, 2.24) is 4.90 Å². The molecule has 1 saturated heterocycles. The maximum atomic E-state index is 13.0. The minimum absolute atomic E-state index is 0.0272. The van der Waals surface area contributed by atoms with Crippen molar-refractivity contribution < 1.29 is 14.3 Å². The van der Waals surface area contributed by atoms with Crippen molar-refractivity contribution in [2.24, 2.45) is 0 Å². The normalized spacial score (nSPS) is 24.5. The zero-order valence-electron chi connectivity index (χ0n) is 15.1. The summed E-state index contributed by atoms with van der Waals surface area (Å²) in [5.74, 6) is -0.273. The van der Waals surface area contributed by atoms with E-state index in [1.807, 2.05) is 12.1 Å². The highest BCUT2D eigenvalue weighted by Gasteiger charge is 2.47. The van der Waals surface area contributed by atoms with Crippen molar-refractivity contribution in [1.29, 1.82) is 0 Å². The van der Waals surface area contributed by atoms with Gasteiger partial charge in [0.15, 0.2) is 5.78 Å². The molecule has 1 N–H and O–H groups in total. The Morgan fingerprint density at radius 2 is 2.04 bits per heavy atom. The Bertz CT molecular complexity index is 854. The van der Waals surface area contributed by atoms with Crippen LogP contribution in [0, 0.1) is 5.82 Å². The number of rotatable bonds is 5. The van der Waals surface area contributed by atoms with E-state index < -0.39 is 6.10 Å². The Balaban J connectivity index is 1.35. The van der Waals surface area contributed by atoms with Gasteiger partial charge in [-0.2, -0.15) is 0 Å². The summed E-state index contributed by atoms with van der Waals surface area (Å²) < 4.78 is 13.0. The molecule has 142 valence electrons. The fourth-order valence-electron chi connectivity index (χ4n) is 4.70. The van der Waals surface area contributed by atoms with Crippen molar-refractivity contribution >= 4 is 17.4 Å². The number of Topliss-reactive ketones (excluding diaryl/α,β-unsaturated/α-hetero) is 1. The smallest absolute Gasteiger partial charge is 0.162 e. The van der Waals surface area contributed by atoms with E-state index >= 15 is 0 Å². The van der Waals surface area contributed by atoms with E-state index in [2.05, 4.69) is 11.0 Å². The molecule has 2 unspecified atom stereocenters. The predicted molar refractivity (Wildman–Crippen MR) is 104 cm³/mol. The summed E-state index contributed by atoms with van der Waals surface area (Å²) >= 11 is 6.31. The first-order chi connectivity index (χ1) is 13.0. The van der Waals surface area contributed by atoms with Crippen LogP contribution in [0.2, 0.25) is 5.02 Å². The molecule has 2 aromatic carbocycles. The second kappa shape index (κ2) is 7.34. The number of aliphatic hydroxyl groups is 1. The van der Waals surface area contributed by atoms with Crippen LogP contribution in [0.25, 0.3) is 0 Å². The second-order valence-corrected chi connectivity index (χ2v) is 8.17. The van der Waals surface area contributed by atoms with Crippen LogP contribution < -0.4 is 0 Å². The number of hydrogen-bond donors (Lipinski definition) is 1. The molecular weight excluding hydrogens is 365 g/mol. The van der Waals surface area contributed by atoms with Gasteiger partial charge in [-0.25, -0.2) is 4.39 Å².